The highest BCUT2D eigenvalue weighted by atomic mass is 19.1. The summed E-state index contributed by atoms with van der Waals surface area (Å²) in [6, 6.07) is 0. The molecule has 0 saturated heterocycles. The molecule has 0 rings (SSSR count). The molecule has 0 radical (unpaired) electrons. The number of halogens is 1. The van der Waals surface area contributed by atoms with Crippen molar-refractivity contribution < 1.29 is 4.39 Å². The van der Waals surface area contributed by atoms with Gasteiger partial charge in [0.1, 0.15) is 0 Å². The van der Waals surface area contributed by atoms with Crippen LogP contribution < -0.4 is 0 Å². The van der Waals surface area contributed by atoms with Crippen LogP contribution in [0.5, 0.6) is 0 Å². The van der Waals surface area contributed by atoms with Crippen molar-refractivity contribution in [3.8, 4) is 0 Å². The predicted octanol–water partition coefficient (Wildman–Crippen LogP) is 3.32. The predicted molar refractivity (Wildman–Crippen MR) is 47.9 cm³/mol. The second kappa shape index (κ2) is 8.63. The molecular formula is C10H11F. The van der Waals surface area contributed by atoms with E-state index in [9.17, 15) is 4.39 Å². The van der Waals surface area contributed by atoms with Gasteiger partial charge in [0.25, 0.3) is 0 Å². The van der Waals surface area contributed by atoms with Crippen LogP contribution in [0.4, 0.5) is 4.39 Å². The molecule has 0 aliphatic carbocycles. The first-order chi connectivity index (χ1) is 5.41. The minimum atomic E-state index is 0.490. The Morgan fingerprint density at radius 3 is 1.64 bits per heavy atom. The molecule has 0 aromatic heterocycles. The fourth-order valence-electron chi connectivity index (χ4n) is 0.441. The summed E-state index contributed by atoms with van der Waals surface area (Å²) in [5.41, 5.74) is 0. The van der Waals surface area contributed by atoms with Crippen molar-refractivity contribution >= 4 is 0 Å². The van der Waals surface area contributed by atoms with E-state index in [1.807, 2.05) is 18.2 Å². The summed E-state index contributed by atoms with van der Waals surface area (Å²) >= 11 is 0. The Labute approximate surface area is 66.7 Å². The molecular weight excluding hydrogens is 139 g/mol. The van der Waals surface area contributed by atoms with Gasteiger partial charge in [0.2, 0.25) is 0 Å². The Balaban J connectivity index is 3.59. The van der Waals surface area contributed by atoms with E-state index in [-0.39, 0.29) is 0 Å². The highest BCUT2D eigenvalue weighted by Crippen LogP contribution is 1.82. The molecule has 0 heterocycles. The van der Waals surface area contributed by atoms with Crippen LogP contribution in [0, 0.1) is 0 Å². The van der Waals surface area contributed by atoms with Gasteiger partial charge in [-0.25, -0.2) is 4.39 Å². The molecule has 0 aliphatic rings. The molecule has 0 saturated carbocycles. The Hall–Kier alpha value is -1.37. The quantitative estimate of drug-likeness (QED) is 0.539. The SMILES string of the molecule is C=C/C=C/C=C/C=C/C=C/F. The maximum Gasteiger partial charge on any atom is 0.0866 e. The van der Waals surface area contributed by atoms with Crippen molar-refractivity contribution in [2.45, 2.75) is 0 Å². The zero-order valence-corrected chi connectivity index (χ0v) is 6.28. The van der Waals surface area contributed by atoms with Crippen molar-refractivity contribution in [3.63, 3.8) is 0 Å². The van der Waals surface area contributed by atoms with Crippen LogP contribution >= 0.6 is 0 Å². The molecule has 1 heteroatoms. The summed E-state index contributed by atoms with van der Waals surface area (Å²) in [4.78, 5) is 0. The van der Waals surface area contributed by atoms with Gasteiger partial charge in [-0.05, 0) is 6.08 Å². The minimum Gasteiger partial charge on any atom is -0.216 e. The summed E-state index contributed by atoms with van der Waals surface area (Å²) in [7, 11) is 0. The summed E-state index contributed by atoms with van der Waals surface area (Å²) in [5.74, 6) is 0. The van der Waals surface area contributed by atoms with E-state index in [0.29, 0.717) is 6.33 Å². The largest absolute Gasteiger partial charge is 0.216 e. The Kier molecular flexibility index (Phi) is 7.56. The molecule has 0 fully saturated rings. The van der Waals surface area contributed by atoms with Crippen LogP contribution in [0.25, 0.3) is 0 Å². The summed E-state index contributed by atoms with van der Waals surface area (Å²) in [6.07, 6.45) is 14.2. The molecule has 0 aromatic rings. The second-order valence-corrected chi connectivity index (χ2v) is 1.71. The van der Waals surface area contributed by atoms with Gasteiger partial charge in [0.05, 0.1) is 6.33 Å². The molecule has 0 aliphatic heterocycles. The lowest BCUT2D eigenvalue weighted by atomic mass is 10.4. The molecule has 0 bridgehead atoms. The molecule has 0 amide bonds. The molecule has 11 heavy (non-hydrogen) atoms. The van der Waals surface area contributed by atoms with E-state index >= 15 is 0 Å². The number of rotatable bonds is 4. The van der Waals surface area contributed by atoms with Gasteiger partial charge >= 0.3 is 0 Å². The van der Waals surface area contributed by atoms with Crippen LogP contribution in [-0.2, 0) is 0 Å². The highest BCUT2D eigenvalue weighted by molar-refractivity contribution is 5.16. The Morgan fingerprint density at radius 2 is 1.18 bits per heavy atom. The average Bonchev–Trinajstić information content (AvgIpc) is 2.03. The molecule has 0 spiro atoms. The molecule has 0 unspecified atom stereocenters. The zero-order chi connectivity index (χ0) is 8.36. The van der Waals surface area contributed by atoms with E-state index in [1.165, 1.54) is 6.08 Å². The van der Waals surface area contributed by atoms with Crippen LogP contribution in [0.1, 0.15) is 0 Å². The third kappa shape index (κ3) is 8.63. The van der Waals surface area contributed by atoms with Gasteiger partial charge in [-0.1, -0.05) is 49.1 Å². The first kappa shape index (κ1) is 9.63. The van der Waals surface area contributed by atoms with Crippen molar-refractivity contribution in [3.05, 3.63) is 61.5 Å². The van der Waals surface area contributed by atoms with E-state index < -0.39 is 0 Å². The monoisotopic (exact) mass is 150 g/mol. The normalized spacial score (nSPS) is 12.8. The maximum atomic E-state index is 11.3. The summed E-state index contributed by atoms with van der Waals surface area (Å²) < 4.78 is 11.3. The van der Waals surface area contributed by atoms with Crippen LogP contribution in [-0.4, -0.2) is 0 Å². The molecule has 58 valence electrons. The van der Waals surface area contributed by atoms with Crippen LogP contribution in [0.3, 0.4) is 0 Å². The average molecular weight is 150 g/mol. The van der Waals surface area contributed by atoms with Gasteiger partial charge in [0.15, 0.2) is 0 Å². The third-order valence-corrected chi connectivity index (χ3v) is 0.875. The first-order valence-corrected chi connectivity index (χ1v) is 3.29. The van der Waals surface area contributed by atoms with Gasteiger partial charge in [-0.3, -0.25) is 0 Å². The smallest absolute Gasteiger partial charge is 0.0866 e. The fourth-order valence-corrected chi connectivity index (χ4v) is 0.441. The fraction of sp³-hybridized carbons (Fsp3) is 0. The van der Waals surface area contributed by atoms with Gasteiger partial charge in [-0.2, -0.15) is 0 Å². The zero-order valence-electron chi connectivity index (χ0n) is 6.28. The lowest BCUT2D eigenvalue weighted by Crippen LogP contribution is -1.49. The number of hydrogen-bond acceptors (Lipinski definition) is 0. The van der Waals surface area contributed by atoms with Crippen molar-refractivity contribution in [1.29, 1.82) is 0 Å². The standard InChI is InChI=1S/C10H11F/c1-2-3-4-5-6-7-8-9-10-11/h2-10H,1H2/b4-3+,6-5+,8-7+,10-9+. The lowest BCUT2D eigenvalue weighted by Gasteiger charge is -1.71. The summed E-state index contributed by atoms with van der Waals surface area (Å²) in [5, 5.41) is 0. The Bertz CT molecular complexity index is 195. The van der Waals surface area contributed by atoms with Gasteiger partial charge in [-0.15, -0.1) is 0 Å². The molecule has 0 nitrogen and oxygen atoms in total. The van der Waals surface area contributed by atoms with Crippen molar-refractivity contribution in [2.24, 2.45) is 0 Å². The topological polar surface area (TPSA) is 0 Å². The third-order valence-electron chi connectivity index (χ3n) is 0.875. The van der Waals surface area contributed by atoms with Crippen LogP contribution in [0.15, 0.2) is 61.5 Å². The highest BCUT2D eigenvalue weighted by Gasteiger charge is 1.60. The molecule has 0 N–H and O–H groups in total. The van der Waals surface area contributed by atoms with E-state index in [4.69, 9.17) is 0 Å². The second-order valence-electron chi connectivity index (χ2n) is 1.71. The van der Waals surface area contributed by atoms with E-state index in [2.05, 4.69) is 6.58 Å². The van der Waals surface area contributed by atoms with E-state index in [0.717, 1.165) is 0 Å². The molecule has 0 aromatic carbocycles. The van der Waals surface area contributed by atoms with Gasteiger partial charge < -0.3 is 0 Å². The minimum absolute atomic E-state index is 0.490. The van der Waals surface area contributed by atoms with E-state index in [1.54, 1.807) is 24.3 Å². The van der Waals surface area contributed by atoms with Crippen molar-refractivity contribution in [1.82, 2.24) is 0 Å². The van der Waals surface area contributed by atoms with Gasteiger partial charge in [0, 0.05) is 0 Å². The lowest BCUT2D eigenvalue weighted by molar-refractivity contribution is 0.721. The summed E-state index contributed by atoms with van der Waals surface area (Å²) in [6.45, 7) is 3.51. The molecule has 0 atom stereocenters. The maximum absolute atomic E-state index is 11.3. The Morgan fingerprint density at radius 1 is 0.727 bits per heavy atom. The number of hydrogen-bond donors (Lipinski definition) is 0. The van der Waals surface area contributed by atoms with Crippen molar-refractivity contribution in [2.75, 3.05) is 0 Å². The first-order valence-electron chi connectivity index (χ1n) is 3.29. The van der Waals surface area contributed by atoms with Crippen LogP contribution in [0.2, 0.25) is 0 Å². The number of allylic oxidation sites excluding steroid dienone is 8.